The largest absolute Gasteiger partial charge is 0.339 e. The maximum atomic E-state index is 12.2. The van der Waals surface area contributed by atoms with Gasteiger partial charge in [0.1, 0.15) is 0 Å². The highest BCUT2D eigenvalue weighted by molar-refractivity contribution is 5.81. The van der Waals surface area contributed by atoms with E-state index in [-0.39, 0.29) is 11.3 Å². The van der Waals surface area contributed by atoms with Crippen molar-refractivity contribution in [1.82, 2.24) is 15.1 Å². The molecule has 1 amide bonds. The van der Waals surface area contributed by atoms with Crippen LogP contribution in [-0.4, -0.2) is 34.1 Å². The molecule has 0 aliphatic rings. The van der Waals surface area contributed by atoms with Crippen LogP contribution in [0, 0.1) is 5.92 Å². The van der Waals surface area contributed by atoms with E-state index in [1.54, 1.807) is 11.9 Å². The van der Waals surface area contributed by atoms with E-state index in [1.165, 1.54) is 0 Å². The number of H-pyrrole nitrogens is 1. The molecule has 5 nitrogen and oxygen atoms in total. The molecule has 0 saturated carbocycles. The van der Waals surface area contributed by atoms with Crippen LogP contribution in [-0.2, 0) is 16.8 Å². The first-order chi connectivity index (χ1) is 9.11. The lowest BCUT2D eigenvalue weighted by molar-refractivity contribution is -0.132. The van der Waals surface area contributed by atoms with Gasteiger partial charge in [-0.05, 0) is 18.4 Å². The minimum atomic E-state index is -0.426. The van der Waals surface area contributed by atoms with Crippen molar-refractivity contribution in [2.45, 2.75) is 59.0 Å². The van der Waals surface area contributed by atoms with Crippen molar-refractivity contribution in [3.8, 4) is 0 Å². The number of aromatic nitrogens is 2. The number of nitrogens with zero attached hydrogens (tertiary/aromatic N) is 2. The Bertz CT molecular complexity index is 445. The van der Waals surface area contributed by atoms with Crippen molar-refractivity contribution < 1.29 is 4.79 Å². The molecule has 1 atom stereocenters. The summed E-state index contributed by atoms with van der Waals surface area (Å²) in [7, 11) is 1.78. The number of rotatable bonds is 5. The number of nitrogens with one attached hydrogen (secondary N) is 1. The van der Waals surface area contributed by atoms with Gasteiger partial charge in [-0.1, -0.05) is 34.6 Å². The number of hydrogen-bond acceptors (Lipinski definition) is 3. The number of carbonyl (C=O) groups is 1. The van der Waals surface area contributed by atoms with Gasteiger partial charge in [0, 0.05) is 12.5 Å². The highest BCUT2D eigenvalue weighted by Crippen LogP contribution is 2.20. The zero-order valence-corrected chi connectivity index (χ0v) is 13.5. The van der Waals surface area contributed by atoms with Crippen molar-refractivity contribution >= 4 is 5.91 Å². The molecule has 114 valence electrons. The summed E-state index contributed by atoms with van der Waals surface area (Å²) in [5.41, 5.74) is 7.87. The Kier molecular flexibility index (Phi) is 5.34. The summed E-state index contributed by atoms with van der Waals surface area (Å²) in [6.07, 6.45) is 0.708. The second-order valence-electron chi connectivity index (χ2n) is 6.96. The van der Waals surface area contributed by atoms with Gasteiger partial charge in [0.05, 0.1) is 24.0 Å². The molecule has 3 N–H and O–H groups in total. The summed E-state index contributed by atoms with van der Waals surface area (Å²) in [5, 5.41) is 7.29. The predicted molar refractivity (Wildman–Crippen MR) is 81.2 cm³/mol. The molecular weight excluding hydrogens is 252 g/mol. The van der Waals surface area contributed by atoms with E-state index in [0.29, 0.717) is 18.9 Å². The number of likely N-dealkylation sites (N-methyl/N-ethyl adjacent to an activating group) is 1. The minimum Gasteiger partial charge on any atom is -0.339 e. The standard InChI is InChI=1S/C15H28N4O/c1-10(2)7-12(16)14(20)19(6)9-11-8-13(18-17-11)15(3,4)5/h8,10,12H,7,9,16H2,1-6H3,(H,17,18)/t12-/m1/s1. The Balaban J connectivity index is 2.64. The number of carbonyl (C=O) groups excluding carboxylic acids is 1. The SMILES string of the molecule is CC(C)C[C@@H](N)C(=O)N(C)Cc1cc(C(C)(C)C)n[nH]1. The lowest BCUT2D eigenvalue weighted by Gasteiger charge is -2.21. The monoisotopic (exact) mass is 280 g/mol. The number of nitrogens with two attached hydrogens (primary N) is 1. The van der Waals surface area contributed by atoms with Gasteiger partial charge < -0.3 is 10.6 Å². The summed E-state index contributed by atoms with van der Waals surface area (Å²) in [6, 6.07) is 1.59. The highest BCUT2D eigenvalue weighted by Gasteiger charge is 2.21. The van der Waals surface area contributed by atoms with Gasteiger partial charge in [0.2, 0.25) is 5.91 Å². The Hall–Kier alpha value is -1.36. The van der Waals surface area contributed by atoms with Crippen LogP contribution in [0.25, 0.3) is 0 Å². The van der Waals surface area contributed by atoms with E-state index >= 15 is 0 Å². The van der Waals surface area contributed by atoms with Crippen LogP contribution in [0.4, 0.5) is 0 Å². The van der Waals surface area contributed by atoms with Crippen molar-refractivity contribution in [3.05, 3.63) is 17.5 Å². The number of hydrogen-bond donors (Lipinski definition) is 2. The molecule has 0 unspecified atom stereocenters. The molecule has 5 heteroatoms. The molecule has 0 bridgehead atoms. The van der Waals surface area contributed by atoms with Crippen molar-refractivity contribution in [2.24, 2.45) is 11.7 Å². The van der Waals surface area contributed by atoms with Crippen molar-refractivity contribution in [1.29, 1.82) is 0 Å². The molecule has 1 aromatic rings. The fourth-order valence-corrected chi connectivity index (χ4v) is 2.05. The third-order valence-electron chi connectivity index (χ3n) is 3.23. The van der Waals surface area contributed by atoms with Crippen LogP contribution < -0.4 is 5.73 Å². The first-order valence-electron chi connectivity index (χ1n) is 7.16. The molecule has 20 heavy (non-hydrogen) atoms. The molecule has 0 radical (unpaired) electrons. The molecule has 1 heterocycles. The third kappa shape index (κ3) is 4.63. The van der Waals surface area contributed by atoms with Crippen LogP contribution in [0.5, 0.6) is 0 Å². The van der Waals surface area contributed by atoms with Crippen LogP contribution in [0.1, 0.15) is 52.4 Å². The third-order valence-corrected chi connectivity index (χ3v) is 3.23. The summed E-state index contributed by atoms with van der Waals surface area (Å²) >= 11 is 0. The maximum absolute atomic E-state index is 12.2. The van der Waals surface area contributed by atoms with Gasteiger partial charge in [-0.25, -0.2) is 0 Å². The Morgan fingerprint density at radius 2 is 2.05 bits per heavy atom. The van der Waals surface area contributed by atoms with E-state index in [0.717, 1.165) is 11.4 Å². The molecule has 0 spiro atoms. The fraction of sp³-hybridized carbons (Fsp3) is 0.733. The predicted octanol–water partition coefficient (Wildman–Crippen LogP) is 2.04. The molecule has 0 fully saturated rings. The van der Waals surface area contributed by atoms with Gasteiger partial charge in [-0.2, -0.15) is 5.10 Å². The molecule has 0 aliphatic heterocycles. The van der Waals surface area contributed by atoms with E-state index in [2.05, 4.69) is 44.8 Å². The quantitative estimate of drug-likeness (QED) is 0.866. The van der Waals surface area contributed by atoms with Crippen LogP contribution in [0.2, 0.25) is 0 Å². The number of aromatic amines is 1. The molecule has 0 saturated heterocycles. The second-order valence-corrected chi connectivity index (χ2v) is 6.96. The molecule has 0 aliphatic carbocycles. The first-order valence-corrected chi connectivity index (χ1v) is 7.16. The Morgan fingerprint density at radius 3 is 2.50 bits per heavy atom. The minimum absolute atomic E-state index is 0.00533. The number of amides is 1. The van der Waals surface area contributed by atoms with Gasteiger partial charge in [-0.15, -0.1) is 0 Å². The van der Waals surface area contributed by atoms with Gasteiger partial charge >= 0.3 is 0 Å². The van der Waals surface area contributed by atoms with E-state index in [1.807, 2.05) is 6.07 Å². The smallest absolute Gasteiger partial charge is 0.239 e. The summed E-state index contributed by atoms with van der Waals surface area (Å²) < 4.78 is 0. The Labute approximate surface area is 121 Å². The maximum Gasteiger partial charge on any atom is 0.239 e. The first kappa shape index (κ1) is 16.7. The molecule has 1 rings (SSSR count). The van der Waals surface area contributed by atoms with Crippen molar-refractivity contribution in [3.63, 3.8) is 0 Å². The van der Waals surface area contributed by atoms with E-state index < -0.39 is 6.04 Å². The van der Waals surface area contributed by atoms with Gasteiger partial charge in [0.15, 0.2) is 0 Å². The second kappa shape index (κ2) is 6.39. The average Bonchev–Trinajstić information content (AvgIpc) is 2.75. The lowest BCUT2D eigenvalue weighted by atomic mass is 9.92. The average molecular weight is 280 g/mol. The van der Waals surface area contributed by atoms with Crippen molar-refractivity contribution in [2.75, 3.05) is 7.05 Å². The topological polar surface area (TPSA) is 75.0 Å². The van der Waals surface area contributed by atoms with Crippen LogP contribution >= 0.6 is 0 Å². The van der Waals surface area contributed by atoms with E-state index in [4.69, 9.17) is 5.73 Å². The van der Waals surface area contributed by atoms with E-state index in [9.17, 15) is 4.79 Å². The fourth-order valence-electron chi connectivity index (χ4n) is 2.05. The molecular formula is C15H28N4O. The summed E-state index contributed by atoms with van der Waals surface area (Å²) in [6.45, 7) is 11.0. The van der Waals surface area contributed by atoms with Crippen LogP contribution in [0.3, 0.4) is 0 Å². The Morgan fingerprint density at radius 1 is 1.45 bits per heavy atom. The van der Waals surface area contributed by atoms with Crippen LogP contribution in [0.15, 0.2) is 6.07 Å². The summed E-state index contributed by atoms with van der Waals surface area (Å²) in [5.74, 6) is 0.396. The summed E-state index contributed by atoms with van der Waals surface area (Å²) in [4.78, 5) is 13.8. The van der Waals surface area contributed by atoms with Gasteiger partial charge in [0.25, 0.3) is 0 Å². The zero-order valence-electron chi connectivity index (χ0n) is 13.5. The normalized spacial score (nSPS) is 13.6. The highest BCUT2D eigenvalue weighted by atomic mass is 16.2. The molecule has 1 aromatic heterocycles. The lowest BCUT2D eigenvalue weighted by Crippen LogP contribution is -2.42. The zero-order chi connectivity index (χ0) is 15.5. The molecule has 0 aromatic carbocycles. The van der Waals surface area contributed by atoms with Gasteiger partial charge in [-0.3, -0.25) is 9.89 Å².